The number of aromatic nitrogens is 2. The van der Waals surface area contributed by atoms with Crippen molar-refractivity contribution in [1.82, 2.24) is 9.97 Å². The summed E-state index contributed by atoms with van der Waals surface area (Å²) in [5.41, 5.74) is 6.05. The van der Waals surface area contributed by atoms with Gasteiger partial charge in [-0.25, -0.2) is 4.98 Å². The van der Waals surface area contributed by atoms with Crippen molar-refractivity contribution in [3.63, 3.8) is 0 Å². The molecule has 1 atom stereocenters. The van der Waals surface area contributed by atoms with Gasteiger partial charge in [-0.05, 0) is 18.0 Å². The number of nitrogens with two attached hydrogens (primary N) is 1. The van der Waals surface area contributed by atoms with Gasteiger partial charge in [0, 0.05) is 13.7 Å². The van der Waals surface area contributed by atoms with Crippen LogP contribution >= 0.6 is 11.6 Å². The van der Waals surface area contributed by atoms with Gasteiger partial charge >= 0.3 is 0 Å². The maximum Gasteiger partial charge on any atom is 0.224 e. The third kappa shape index (κ3) is 4.18. The van der Waals surface area contributed by atoms with Gasteiger partial charge in [0.05, 0.1) is 24.6 Å². The quantitative estimate of drug-likeness (QED) is 0.634. The van der Waals surface area contributed by atoms with Crippen LogP contribution in [0.25, 0.3) is 0 Å². The lowest BCUT2D eigenvalue weighted by Crippen LogP contribution is -2.19. The molecule has 6 nitrogen and oxygen atoms in total. The molecule has 0 saturated heterocycles. The van der Waals surface area contributed by atoms with Crippen LogP contribution in [0.3, 0.4) is 0 Å². The van der Waals surface area contributed by atoms with Crippen molar-refractivity contribution < 1.29 is 9.84 Å². The molecule has 0 saturated carbocycles. The van der Waals surface area contributed by atoms with Gasteiger partial charge < -0.3 is 20.9 Å². The lowest BCUT2D eigenvalue weighted by atomic mass is 10.2. The van der Waals surface area contributed by atoms with E-state index >= 15 is 0 Å². The van der Waals surface area contributed by atoms with E-state index in [-0.39, 0.29) is 5.28 Å². The smallest absolute Gasteiger partial charge is 0.224 e. The zero-order chi connectivity index (χ0) is 12.0. The zero-order valence-electron chi connectivity index (χ0n) is 8.98. The van der Waals surface area contributed by atoms with E-state index in [9.17, 15) is 5.11 Å². The lowest BCUT2D eigenvalue weighted by Gasteiger charge is -2.11. The Bertz CT molecular complexity index is 337. The molecule has 0 bridgehead atoms. The van der Waals surface area contributed by atoms with Gasteiger partial charge in [0.2, 0.25) is 5.28 Å². The topological polar surface area (TPSA) is 93.3 Å². The van der Waals surface area contributed by atoms with Crippen LogP contribution in [-0.2, 0) is 4.74 Å². The van der Waals surface area contributed by atoms with E-state index in [1.807, 2.05) is 0 Å². The Morgan fingerprint density at radius 2 is 2.44 bits per heavy atom. The van der Waals surface area contributed by atoms with Gasteiger partial charge in [-0.1, -0.05) is 0 Å². The molecule has 0 aromatic carbocycles. The minimum Gasteiger partial charge on any atom is -0.394 e. The summed E-state index contributed by atoms with van der Waals surface area (Å²) in [6.07, 6.45) is 1.47. The molecule has 0 fully saturated rings. The van der Waals surface area contributed by atoms with Gasteiger partial charge in [0.25, 0.3) is 0 Å². The number of nitrogens with one attached hydrogen (secondary N) is 1. The van der Waals surface area contributed by atoms with Gasteiger partial charge in [0.15, 0.2) is 5.82 Å². The van der Waals surface area contributed by atoms with Crippen molar-refractivity contribution in [2.45, 2.75) is 12.5 Å². The highest BCUT2D eigenvalue weighted by molar-refractivity contribution is 6.28. The largest absolute Gasteiger partial charge is 0.394 e. The Kier molecular flexibility index (Phi) is 5.24. The van der Waals surface area contributed by atoms with Crippen LogP contribution in [0.5, 0.6) is 0 Å². The van der Waals surface area contributed by atoms with E-state index < -0.39 is 6.10 Å². The van der Waals surface area contributed by atoms with Crippen LogP contribution < -0.4 is 11.1 Å². The van der Waals surface area contributed by atoms with Crippen molar-refractivity contribution >= 4 is 23.1 Å². The molecule has 1 rings (SSSR count). The summed E-state index contributed by atoms with van der Waals surface area (Å²) in [7, 11) is 1.54. The molecule has 1 aromatic heterocycles. The number of anilines is 2. The van der Waals surface area contributed by atoms with Crippen LogP contribution in [0, 0.1) is 0 Å². The van der Waals surface area contributed by atoms with Crippen LogP contribution in [-0.4, -0.2) is 41.4 Å². The fourth-order valence-electron chi connectivity index (χ4n) is 1.14. The van der Waals surface area contributed by atoms with E-state index in [1.54, 1.807) is 7.11 Å². The Hall–Kier alpha value is -1.11. The molecule has 4 N–H and O–H groups in total. The lowest BCUT2D eigenvalue weighted by molar-refractivity contribution is 0.0615. The second-order valence-electron chi connectivity index (χ2n) is 3.27. The number of aliphatic hydroxyl groups is 1. The van der Waals surface area contributed by atoms with Crippen molar-refractivity contribution in [3.8, 4) is 0 Å². The number of hydrogen-bond acceptors (Lipinski definition) is 6. The summed E-state index contributed by atoms with van der Waals surface area (Å²) in [5, 5.41) is 12.5. The predicted octanol–water partition coefficient (Wildman–Crippen LogP) is 0.522. The Morgan fingerprint density at radius 3 is 3.12 bits per heavy atom. The van der Waals surface area contributed by atoms with Crippen molar-refractivity contribution in [2.75, 3.05) is 31.3 Å². The summed E-state index contributed by atoms with van der Waals surface area (Å²) in [6, 6.07) is 0. The molecule has 0 aliphatic heterocycles. The van der Waals surface area contributed by atoms with E-state index in [1.165, 1.54) is 6.20 Å². The number of aliphatic hydroxyl groups excluding tert-OH is 1. The van der Waals surface area contributed by atoms with Crippen LogP contribution in [0.15, 0.2) is 6.20 Å². The normalized spacial score (nSPS) is 12.4. The second kappa shape index (κ2) is 6.47. The van der Waals surface area contributed by atoms with Gasteiger partial charge in [-0.3, -0.25) is 0 Å². The summed E-state index contributed by atoms with van der Waals surface area (Å²) in [6.45, 7) is 0.837. The average molecular weight is 247 g/mol. The predicted molar refractivity (Wildman–Crippen MR) is 62.4 cm³/mol. The monoisotopic (exact) mass is 246 g/mol. The minimum absolute atomic E-state index is 0.133. The fraction of sp³-hybridized carbons (Fsp3) is 0.556. The van der Waals surface area contributed by atoms with Crippen molar-refractivity contribution in [3.05, 3.63) is 11.5 Å². The molecule has 0 spiro atoms. The first kappa shape index (κ1) is 13.0. The molecule has 90 valence electrons. The Balaban J connectivity index is 2.39. The van der Waals surface area contributed by atoms with Crippen LogP contribution in [0.1, 0.15) is 6.42 Å². The van der Waals surface area contributed by atoms with Gasteiger partial charge in [-0.2, -0.15) is 4.98 Å². The summed E-state index contributed by atoms with van der Waals surface area (Å²) in [5.74, 6) is 0.476. The molecule has 0 aliphatic rings. The van der Waals surface area contributed by atoms with Gasteiger partial charge in [-0.15, -0.1) is 0 Å². The number of nitrogens with zero attached hydrogens (tertiary/aromatic N) is 2. The van der Waals surface area contributed by atoms with Gasteiger partial charge in [0.1, 0.15) is 0 Å². The van der Waals surface area contributed by atoms with E-state index in [2.05, 4.69) is 15.3 Å². The number of nitrogen functional groups attached to an aromatic ring is 1. The molecular weight excluding hydrogens is 232 g/mol. The SMILES string of the molecule is COCC(O)CCNc1nc(Cl)ncc1N. The number of ether oxygens (including phenoxy) is 1. The van der Waals surface area contributed by atoms with E-state index in [4.69, 9.17) is 22.1 Å². The van der Waals surface area contributed by atoms with Crippen molar-refractivity contribution in [2.24, 2.45) is 0 Å². The molecule has 7 heteroatoms. The minimum atomic E-state index is -0.504. The molecule has 0 amide bonds. The molecule has 0 radical (unpaired) electrons. The summed E-state index contributed by atoms with van der Waals surface area (Å²) in [4.78, 5) is 7.65. The third-order valence-electron chi connectivity index (χ3n) is 1.92. The molecule has 16 heavy (non-hydrogen) atoms. The van der Waals surface area contributed by atoms with Crippen molar-refractivity contribution in [1.29, 1.82) is 0 Å². The molecule has 1 unspecified atom stereocenters. The maximum absolute atomic E-state index is 9.40. The van der Waals surface area contributed by atoms with E-state index in [0.717, 1.165) is 0 Å². The Morgan fingerprint density at radius 1 is 1.69 bits per heavy atom. The summed E-state index contributed by atoms with van der Waals surface area (Å²) < 4.78 is 4.80. The Labute approximate surface area is 98.8 Å². The molecule has 1 heterocycles. The van der Waals surface area contributed by atoms with Crippen LogP contribution in [0.2, 0.25) is 5.28 Å². The summed E-state index contributed by atoms with van der Waals surface area (Å²) >= 11 is 5.62. The number of methoxy groups -OCH3 is 1. The highest BCUT2D eigenvalue weighted by Gasteiger charge is 2.05. The second-order valence-corrected chi connectivity index (χ2v) is 3.61. The van der Waals surface area contributed by atoms with Crippen LogP contribution in [0.4, 0.5) is 11.5 Å². The first-order valence-electron chi connectivity index (χ1n) is 4.82. The fourth-order valence-corrected chi connectivity index (χ4v) is 1.28. The average Bonchev–Trinajstić information content (AvgIpc) is 2.23. The first-order valence-corrected chi connectivity index (χ1v) is 5.20. The molecule has 1 aromatic rings. The highest BCUT2D eigenvalue weighted by atomic mass is 35.5. The standard InChI is InChI=1S/C9H15ClN4O2/c1-16-5-6(15)2-3-12-8-7(11)4-13-9(10)14-8/h4,6,15H,2-3,5,11H2,1H3,(H,12,13,14). The number of halogens is 1. The third-order valence-corrected chi connectivity index (χ3v) is 2.10. The maximum atomic E-state index is 9.40. The number of rotatable bonds is 6. The van der Waals surface area contributed by atoms with E-state index in [0.29, 0.717) is 31.1 Å². The first-order chi connectivity index (χ1) is 7.63. The highest BCUT2D eigenvalue weighted by Crippen LogP contribution is 2.15. The molecular formula is C9H15ClN4O2. The number of hydrogen-bond donors (Lipinski definition) is 3. The molecule has 0 aliphatic carbocycles. The zero-order valence-corrected chi connectivity index (χ0v) is 9.74.